The number of thioether (sulfide) groups is 2. The van der Waals surface area contributed by atoms with Crippen LogP contribution in [0.2, 0.25) is 0 Å². The summed E-state index contributed by atoms with van der Waals surface area (Å²) < 4.78 is 0. The van der Waals surface area contributed by atoms with Gasteiger partial charge in [0.1, 0.15) is 0 Å². The van der Waals surface area contributed by atoms with E-state index in [1.54, 1.807) is 35.2 Å². The Kier molecular flexibility index (Phi) is 7.47. The summed E-state index contributed by atoms with van der Waals surface area (Å²) in [5.41, 5.74) is 2.67. The molecule has 0 spiro atoms. The van der Waals surface area contributed by atoms with E-state index in [4.69, 9.17) is 0 Å². The van der Waals surface area contributed by atoms with Gasteiger partial charge in [0, 0.05) is 23.7 Å². The Morgan fingerprint density at radius 1 is 1.03 bits per heavy atom. The minimum atomic E-state index is -0.329. The number of carbonyl (C=O) groups is 3. The molecule has 1 saturated heterocycles. The maximum absolute atomic E-state index is 12.7. The summed E-state index contributed by atoms with van der Waals surface area (Å²) in [5, 5.41) is 6.65. The zero-order valence-corrected chi connectivity index (χ0v) is 19.5. The van der Waals surface area contributed by atoms with E-state index in [0.29, 0.717) is 10.5 Å². The van der Waals surface area contributed by atoms with Crippen molar-refractivity contribution in [1.82, 2.24) is 10.2 Å². The Morgan fingerprint density at radius 2 is 1.81 bits per heavy atom. The molecule has 1 aliphatic rings. The molecule has 2 aromatic carbocycles. The number of hydrogen-bond donors (Lipinski definition) is 1. The van der Waals surface area contributed by atoms with Crippen molar-refractivity contribution in [1.29, 1.82) is 0 Å². The van der Waals surface area contributed by atoms with Gasteiger partial charge in [0.05, 0.1) is 10.5 Å². The largest absolute Gasteiger partial charge is 0.350 e. The lowest BCUT2D eigenvalue weighted by Crippen LogP contribution is -2.37. The fraction of sp³-hybridized carbons (Fsp3) is 0.125. The van der Waals surface area contributed by atoms with Crippen molar-refractivity contribution in [3.8, 4) is 0 Å². The molecular weight excluding hydrogens is 460 g/mol. The summed E-state index contributed by atoms with van der Waals surface area (Å²) in [6.07, 6.45) is 1.71. The maximum Gasteiger partial charge on any atom is 0.293 e. The Bertz CT molecular complexity index is 1140. The highest BCUT2D eigenvalue weighted by Crippen LogP contribution is 2.32. The van der Waals surface area contributed by atoms with E-state index in [0.717, 1.165) is 28.0 Å². The third kappa shape index (κ3) is 5.51. The average Bonchev–Trinajstić information content (AvgIpc) is 3.42. The molecule has 8 heteroatoms. The molecule has 1 aromatic heterocycles. The lowest BCUT2D eigenvalue weighted by atomic mass is 10.2. The summed E-state index contributed by atoms with van der Waals surface area (Å²) in [5.74, 6) is 0.244. The van der Waals surface area contributed by atoms with Crippen LogP contribution in [0.3, 0.4) is 0 Å². The van der Waals surface area contributed by atoms with E-state index >= 15 is 0 Å². The first-order valence-corrected chi connectivity index (χ1v) is 12.7. The highest BCUT2D eigenvalue weighted by Gasteiger charge is 2.34. The molecule has 162 valence electrons. The number of rotatable bonds is 8. The SMILES string of the molecule is O=C(NCCN1C(=O)S/C(=C\c2ccccc2)C1=O)c1ccccc1SCc1ccsc1. The number of nitrogens with one attached hydrogen (secondary N) is 1. The van der Waals surface area contributed by atoms with Crippen LogP contribution in [0.5, 0.6) is 0 Å². The third-order valence-corrected chi connectivity index (χ3v) is 7.48. The van der Waals surface area contributed by atoms with Crippen molar-refractivity contribution < 1.29 is 14.4 Å². The normalized spacial score (nSPS) is 14.9. The number of hydrogen-bond acceptors (Lipinski definition) is 6. The van der Waals surface area contributed by atoms with Crippen LogP contribution in [0.25, 0.3) is 6.08 Å². The van der Waals surface area contributed by atoms with Crippen LogP contribution >= 0.6 is 34.9 Å². The lowest BCUT2D eigenvalue weighted by Gasteiger charge is -2.14. The minimum Gasteiger partial charge on any atom is -0.350 e. The maximum atomic E-state index is 12.7. The van der Waals surface area contributed by atoms with Crippen molar-refractivity contribution in [2.75, 3.05) is 13.1 Å². The molecule has 0 radical (unpaired) electrons. The molecular formula is C24H20N2O3S3. The van der Waals surface area contributed by atoms with Gasteiger partial charge in [0.2, 0.25) is 0 Å². The van der Waals surface area contributed by atoms with Crippen molar-refractivity contribution in [2.45, 2.75) is 10.6 Å². The molecule has 1 N–H and O–H groups in total. The zero-order valence-electron chi connectivity index (χ0n) is 17.0. The molecule has 1 aliphatic heterocycles. The number of thiophene rings is 1. The Morgan fingerprint density at radius 3 is 2.59 bits per heavy atom. The summed E-state index contributed by atoms with van der Waals surface area (Å²) in [4.78, 5) is 40.1. The topological polar surface area (TPSA) is 66.5 Å². The number of nitrogens with zero attached hydrogens (tertiary/aromatic N) is 1. The second-order valence-electron chi connectivity index (χ2n) is 6.92. The van der Waals surface area contributed by atoms with Gasteiger partial charge in [0.15, 0.2) is 0 Å². The number of benzene rings is 2. The van der Waals surface area contributed by atoms with Gasteiger partial charge in [0.25, 0.3) is 17.1 Å². The van der Waals surface area contributed by atoms with Crippen LogP contribution in [-0.2, 0) is 10.5 Å². The lowest BCUT2D eigenvalue weighted by molar-refractivity contribution is -0.122. The van der Waals surface area contributed by atoms with E-state index < -0.39 is 0 Å². The van der Waals surface area contributed by atoms with Gasteiger partial charge in [-0.3, -0.25) is 19.3 Å². The van der Waals surface area contributed by atoms with Gasteiger partial charge in [-0.25, -0.2) is 0 Å². The first-order valence-electron chi connectivity index (χ1n) is 9.93. The first-order chi connectivity index (χ1) is 15.6. The van der Waals surface area contributed by atoms with E-state index in [9.17, 15) is 14.4 Å². The van der Waals surface area contributed by atoms with Crippen molar-refractivity contribution in [3.63, 3.8) is 0 Å². The second kappa shape index (κ2) is 10.7. The fourth-order valence-corrected chi connectivity index (χ4v) is 5.72. The Labute approximate surface area is 198 Å². The summed E-state index contributed by atoms with van der Waals surface area (Å²) >= 11 is 4.18. The monoisotopic (exact) mass is 480 g/mol. The van der Waals surface area contributed by atoms with Gasteiger partial charge in [-0.05, 0) is 57.9 Å². The van der Waals surface area contributed by atoms with Gasteiger partial charge in [-0.2, -0.15) is 11.3 Å². The Balaban J connectivity index is 1.34. The predicted molar refractivity (Wildman–Crippen MR) is 132 cm³/mol. The molecule has 3 aromatic rings. The number of imide groups is 1. The molecule has 0 atom stereocenters. The molecule has 0 bridgehead atoms. The van der Waals surface area contributed by atoms with Gasteiger partial charge < -0.3 is 5.32 Å². The molecule has 5 nitrogen and oxygen atoms in total. The van der Waals surface area contributed by atoms with Gasteiger partial charge in [-0.1, -0.05) is 42.5 Å². The summed E-state index contributed by atoms with van der Waals surface area (Å²) in [7, 11) is 0. The van der Waals surface area contributed by atoms with E-state index in [-0.39, 0.29) is 30.1 Å². The molecule has 2 heterocycles. The van der Waals surface area contributed by atoms with Crippen LogP contribution in [0, 0.1) is 0 Å². The summed E-state index contributed by atoms with van der Waals surface area (Å²) in [6.45, 7) is 0.325. The van der Waals surface area contributed by atoms with Crippen LogP contribution in [0.15, 0.2) is 81.2 Å². The molecule has 3 amide bonds. The van der Waals surface area contributed by atoms with Crippen LogP contribution in [0.1, 0.15) is 21.5 Å². The average molecular weight is 481 g/mol. The highest BCUT2D eigenvalue weighted by atomic mass is 32.2. The quantitative estimate of drug-likeness (QED) is 0.340. The zero-order chi connectivity index (χ0) is 22.3. The standard InChI is InChI=1S/C24H20N2O3S3/c27-22(19-8-4-5-9-20(19)31-16-18-10-13-30-15-18)25-11-12-26-23(28)21(32-24(26)29)14-17-6-2-1-3-7-17/h1-10,13-15H,11-12,16H2,(H,25,27)/b21-14-. The highest BCUT2D eigenvalue weighted by molar-refractivity contribution is 8.18. The molecule has 0 saturated carbocycles. The third-order valence-electron chi connectivity index (χ3n) is 4.70. The van der Waals surface area contributed by atoms with Gasteiger partial charge in [-0.15, -0.1) is 11.8 Å². The van der Waals surface area contributed by atoms with Crippen LogP contribution in [0.4, 0.5) is 4.79 Å². The van der Waals surface area contributed by atoms with Crippen molar-refractivity contribution in [2.24, 2.45) is 0 Å². The molecule has 0 aliphatic carbocycles. The predicted octanol–water partition coefficient (Wildman–Crippen LogP) is 5.51. The number of carbonyl (C=O) groups excluding carboxylic acids is 3. The Hall–Kier alpha value is -2.81. The summed E-state index contributed by atoms with van der Waals surface area (Å²) in [6, 6.07) is 18.9. The van der Waals surface area contributed by atoms with Crippen molar-refractivity contribution >= 4 is 58.0 Å². The van der Waals surface area contributed by atoms with Crippen molar-refractivity contribution in [3.05, 3.63) is 93.0 Å². The smallest absolute Gasteiger partial charge is 0.293 e. The van der Waals surface area contributed by atoms with Crippen LogP contribution < -0.4 is 5.32 Å². The van der Waals surface area contributed by atoms with Crippen LogP contribution in [-0.4, -0.2) is 35.0 Å². The van der Waals surface area contributed by atoms with E-state index in [1.807, 2.05) is 53.9 Å². The molecule has 1 fully saturated rings. The van der Waals surface area contributed by atoms with E-state index in [1.165, 1.54) is 10.5 Å². The number of amides is 3. The molecule has 0 unspecified atom stereocenters. The molecule has 4 rings (SSSR count). The first kappa shape index (κ1) is 22.4. The van der Waals surface area contributed by atoms with E-state index in [2.05, 4.69) is 16.8 Å². The fourth-order valence-electron chi connectivity index (χ4n) is 3.09. The molecule has 32 heavy (non-hydrogen) atoms. The minimum absolute atomic E-state index is 0.132. The van der Waals surface area contributed by atoms with Gasteiger partial charge >= 0.3 is 0 Å². The second-order valence-corrected chi connectivity index (χ2v) is 9.71.